The maximum Gasteiger partial charge on any atom is 0.314 e. The SMILES string of the molecule is O=S1CCN(S(=O)N(Cc2ccc(-c3nnc(C(F)F)o3)cc2F)c2ccc(F)cc2)CC1. The van der Waals surface area contributed by atoms with Crippen molar-refractivity contribution in [2.24, 2.45) is 0 Å². The van der Waals surface area contributed by atoms with Gasteiger partial charge in [0.05, 0.1) is 12.2 Å². The van der Waals surface area contributed by atoms with E-state index in [4.69, 9.17) is 4.42 Å². The zero-order chi connectivity index (χ0) is 23.5. The summed E-state index contributed by atoms with van der Waals surface area (Å²) in [6, 6.07) is 9.18. The third-order valence-corrected chi connectivity index (χ3v) is 7.70. The van der Waals surface area contributed by atoms with Crippen molar-refractivity contribution >= 4 is 27.7 Å². The van der Waals surface area contributed by atoms with Crippen molar-refractivity contribution in [3.05, 3.63) is 65.6 Å². The van der Waals surface area contributed by atoms with Crippen LogP contribution in [0.3, 0.4) is 0 Å². The Labute approximate surface area is 191 Å². The van der Waals surface area contributed by atoms with Gasteiger partial charge in [-0.1, -0.05) is 6.07 Å². The first-order valence-corrected chi connectivity index (χ1v) is 12.3. The summed E-state index contributed by atoms with van der Waals surface area (Å²) in [5.74, 6) is -1.55. The first-order valence-electron chi connectivity index (χ1n) is 9.77. The molecule has 1 unspecified atom stereocenters. The minimum atomic E-state index is -2.94. The predicted molar refractivity (Wildman–Crippen MR) is 115 cm³/mol. The molecule has 0 spiro atoms. The van der Waals surface area contributed by atoms with E-state index in [2.05, 4.69) is 10.2 Å². The molecular formula is C20H18F4N4O3S2. The van der Waals surface area contributed by atoms with E-state index >= 15 is 0 Å². The van der Waals surface area contributed by atoms with Crippen LogP contribution in [0.15, 0.2) is 46.9 Å². The molecule has 0 radical (unpaired) electrons. The van der Waals surface area contributed by atoms with Crippen molar-refractivity contribution in [1.82, 2.24) is 14.5 Å². The van der Waals surface area contributed by atoms with Gasteiger partial charge in [-0.25, -0.2) is 17.3 Å². The first kappa shape index (κ1) is 23.5. The number of benzene rings is 2. The number of aromatic nitrogens is 2. The summed E-state index contributed by atoms with van der Waals surface area (Å²) in [4.78, 5) is 0. The molecule has 2 heterocycles. The van der Waals surface area contributed by atoms with Gasteiger partial charge in [0.2, 0.25) is 5.89 Å². The van der Waals surface area contributed by atoms with Gasteiger partial charge in [-0.05, 0) is 36.4 Å². The molecule has 4 rings (SSSR count). The Kier molecular flexibility index (Phi) is 7.20. The lowest BCUT2D eigenvalue weighted by Crippen LogP contribution is -2.45. The number of nitrogens with zero attached hydrogens (tertiary/aromatic N) is 4. The second kappa shape index (κ2) is 10.1. The molecule has 176 valence electrons. The van der Waals surface area contributed by atoms with Crippen molar-refractivity contribution in [2.75, 3.05) is 28.9 Å². The average molecular weight is 503 g/mol. The highest BCUT2D eigenvalue weighted by atomic mass is 32.2. The van der Waals surface area contributed by atoms with E-state index in [0.717, 1.165) is 6.07 Å². The summed E-state index contributed by atoms with van der Waals surface area (Å²) < 4.78 is 86.5. The molecule has 1 fully saturated rings. The lowest BCUT2D eigenvalue weighted by atomic mass is 10.1. The van der Waals surface area contributed by atoms with Crippen LogP contribution in [0.2, 0.25) is 0 Å². The molecule has 0 bridgehead atoms. The molecule has 0 saturated carbocycles. The van der Waals surface area contributed by atoms with Crippen molar-refractivity contribution < 1.29 is 30.4 Å². The Bertz CT molecular complexity index is 1170. The van der Waals surface area contributed by atoms with E-state index in [9.17, 15) is 26.0 Å². The molecule has 2 aromatic carbocycles. The Hall–Kier alpha value is -2.64. The number of halogens is 4. The fourth-order valence-corrected chi connectivity index (χ4v) is 5.77. The lowest BCUT2D eigenvalue weighted by Gasteiger charge is -2.32. The summed E-state index contributed by atoms with van der Waals surface area (Å²) in [5.41, 5.74) is 0.678. The van der Waals surface area contributed by atoms with E-state index in [1.165, 1.54) is 40.7 Å². The van der Waals surface area contributed by atoms with Gasteiger partial charge in [0, 0.05) is 46.5 Å². The average Bonchev–Trinajstić information content (AvgIpc) is 3.30. The van der Waals surface area contributed by atoms with Gasteiger partial charge in [-0.15, -0.1) is 10.2 Å². The largest absolute Gasteiger partial charge is 0.415 e. The normalized spacial score (nSPS) is 16.3. The van der Waals surface area contributed by atoms with E-state index in [-0.39, 0.29) is 23.6 Å². The monoisotopic (exact) mass is 502 g/mol. The van der Waals surface area contributed by atoms with Crippen molar-refractivity contribution in [3.8, 4) is 11.5 Å². The minimum absolute atomic E-state index is 0.114. The topological polar surface area (TPSA) is 79.5 Å². The summed E-state index contributed by atoms with van der Waals surface area (Å²) in [5, 5.41) is 6.73. The summed E-state index contributed by atoms with van der Waals surface area (Å²) in [6.45, 7) is 0.542. The number of anilines is 1. The molecule has 0 amide bonds. The van der Waals surface area contributed by atoms with Gasteiger partial charge in [-0.2, -0.15) is 8.78 Å². The van der Waals surface area contributed by atoms with Crippen LogP contribution in [-0.4, -0.2) is 47.5 Å². The molecule has 0 aliphatic carbocycles. The highest BCUT2D eigenvalue weighted by Gasteiger charge is 2.27. The van der Waals surface area contributed by atoms with Crippen molar-refractivity contribution in [3.63, 3.8) is 0 Å². The highest BCUT2D eigenvalue weighted by Crippen LogP contribution is 2.27. The van der Waals surface area contributed by atoms with Crippen LogP contribution >= 0.6 is 0 Å². The van der Waals surface area contributed by atoms with Crippen LogP contribution in [-0.2, 0) is 28.5 Å². The minimum Gasteiger partial charge on any atom is -0.415 e. The molecule has 7 nitrogen and oxygen atoms in total. The molecule has 13 heteroatoms. The third-order valence-electron chi connectivity index (χ3n) is 4.90. The molecule has 1 aliphatic rings. The molecule has 33 heavy (non-hydrogen) atoms. The van der Waals surface area contributed by atoms with Crippen LogP contribution in [0.4, 0.5) is 23.2 Å². The molecule has 0 N–H and O–H groups in total. The Morgan fingerprint density at radius 1 is 1.09 bits per heavy atom. The van der Waals surface area contributed by atoms with Crippen molar-refractivity contribution in [1.29, 1.82) is 0 Å². The van der Waals surface area contributed by atoms with E-state index < -0.39 is 45.9 Å². The maximum atomic E-state index is 14.9. The van der Waals surface area contributed by atoms with E-state index in [0.29, 0.717) is 30.3 Å². The molecule has 1 atom stereocenters. The maximum absolute atomic E-state index is 14.9. The zero-order valence-electron chi connectivity index (χ0n) is 17.0. The van der Waals surface area contributed by atoms with Crippen molar-refractivity contribution in [2.45, 2.75) is 13.0 Å². The van der Waals surface area contributed by atoms with Gasteiger partial charge in [-0.3, -0.25) is 8.51 Å². The van der Waals surface area contributed by atoms with Crippen LogP contribution in [0.1, 0.15) is 17.9 Å². The number of hydrogen-bond acceptors (Lipinski definition) is 5. The molecule has 1 aromatic heterocycles. The smallest absolute Gasteiger partial charge is 0.314 e. The van der Waals surface area contributed by atoms with E-state index in [1.807, 2.05) is 0 Å². The van der Waals surface area contributed by atoms with Crippen LogP contribution in [0.5, 0.6) is 0 Å². The molecule has 1 saturated heterocycles. The quantitative estimate of drug-likeness (QED) is 0.462. The number of rotatable bonds is 7. The van der Waals surface area contributed by atoms with Gasteiger partial charge in [0.15, 0.2) is 11.2 Å². The summed E-state index contributed by atoms with van der Waals surface area (Å²) in [7, 11) is -0.973. The third kappa shape index (κ3) is 5.47. The van der Waals surface area contributed by atoms with E-state index in [1.54, 1.807) is 4.31 Å². The first-order chi connectivity index (χ1) is 15.8. The number of alkyl halides is 2. The second-order valence-corrected chi connectivity index (χ2v) is 10.2. The van der Waals surface area contributed by atoms with Gasteiger partial charge in [0.1, 0.15) is 11.6 Å². The zero-order valence-corrected chi connectivity index (χ0v) is 18.6. The van der Waals surface area contributed by atoms with Gasteiger partial charge in [0.25, 0.3) is 5.89 Å². The fraction of sp³-hybridized carbons (Fsp3) is 0.300. The summed E-state index contributed by atoms with van der Waals surface area (Å²) in [6.07, 6.45) is -2.94. The Morgan fingerprint density at radius 2 is 1.79 bits per heavy atom. The van der Waals surface area contributed by atoms with Gasteiger partial charge >= 0.3 is 6.43 Å². The second-order valence-electron chi connectivity index (χ2n) is 7.07. The highest BCUT2D eigenvalue weighted by molar-refractivity contribution is 7.86. The van der Waals surface area contributed by atoms with Crippen LogP contribution in [0.25, 0.3) is 11.5 Å². The Morgan fingerprint density at radius 3 is 2.39 bits per heavy atom. The van der Waals surface area contributed by atoms with Crippen LogP contribution in [0, 0.1) is 11.6 Å². The standard InChI is InChI=1S/C20H18F4N4O3S2/c21-15-3-5-16(6-4-15)28(33(30)27-7-9-32(29)10-8-27)12-14-2-1-13(11-17(14)22)19-25-26-20(31-19)18(23)24/h1-6,11,18H,7-10,12H2. The number of hydrogen-bond donors (Lipinski definition) is 0. The molecule has 3 aromatic rings. The predicted octanol–water partition coefficient (Wildman–Crippen LogP) is 3.60. The molecule has 1 aliphatic heterocycles. The summed E-state index contributed by atoms with van der Waals surface area (Å²) >= 11 is -1.75. The lowest BCUT2D eigenvalue weighted by molar-refractivity contribution is 0.116. The van der Waals surface area contributed by atoms with Gasteiger partial charge < -0.3 is 4.42 Å². The Balaban J connectivity index is 1.60. The molecular weight excluding hydrogens is 484 g/mol. The van der Waals surface area contributed by atoms with Crippen LogP contribution < -0.4 is 4.31 Å². The fourth-order valence-electron chi connectivity index (χ4n) is 3.16.